The van der Waals surface area contributed by atoms with Gasteiger partial charge in [-0.15, -0.1) is 0 Å². The number of nitrogens with zero attached hydrogens (tertiary/aromatic N) is 1. The number of hydrogen-bond acceptors (Lipinski definition) is 4. The highest BCUT2D eigenvalue weighted by molar-refractivity contribution is 5.42. The van der Waals surface area contributed by atoms with Gasteiger partial charge in [0.05, 0.1) is 19.0 Å². The lowest BCUT2D eigenvalue weighted by atomic mass is 10.2. The van der Waals surface area contributed by atoms with E-state index in [-0.39, 0.29) is 6.04 Å². The highest BCUT2D eigenvalue weighted by Crippen LogP contribution is 2.30. The molecule has 0 aliphatic carbocycles. The van der Waals surface area contributed by atoms with Crippen LogP contribution in [0.5, 0.6) is 17.2 Å². The van der Waals surface area contributed by atoms with Crippen LogP contribution in [0.3, 0.4) is 0 Å². The summed E-state index contributed by atoms with van der Waals surface area (Å²) >= 11 is 0. The van der Waals surface area contributed by atoms with E-state index in [0.29, 0.717) is 17.2 Å². The van der Waals surface area contributed by atoms with Crippen molar-refractivity contribution in [1.82, 2.24) is 10.3 Å². The molecular weight excluding hydrogens is 240 g/mol. The Morgan fingerprint density at radius 1 is 1.11 bits per heavy atom. The summed E-state index contributed by atoms with van der Waals surface area (Å²) in [5.41, 5.74) is 0.981. The van der Waals surface area contributed by atoms with E-state index >= 15 is 0 Å². The average Bonchev–Trinajstić information content (AvgIpc) is 2.48. The fourth-order valence-electron chi connectivity index (χ4n) is 1.69. The molecule has 0 saturated carbocycles. The van der Waals surface area contributed by atoms with Crippen molar-refractivity contribution in [2.75, 3.05) is 14.2 Å². The molecule has 0 amide bonds. The number of methoxy groups -OCH3 is 1. The van der Waals surface area contributed by atoms with Gasteiger partial charge in [-0.2, -0.15) is 0 Å². The van der Waals surface area contributed by atoms with Gasteiger partial charge in [-0.25, -0.2) is 0 Å². The Bertz CT molecular complexity index is 526. The molecule has 0 saturated heterocycles. The summed E-state index contributed by atoms with van der Waals surface area (Å²) in [5.74, 6) is 2.08. The van der Waals surface area contributed by atoms with E-state index in [1.54, 1.807) is 13.3 Å². The molecule has 0 spiro atoms. The molecule has 2 aromatic rings. The summed E-state index contributed by atoms with van der Waals surface area (Å²) in [6.07, 6.45) is 1.72. The molecule has 0 radical (unpaired) electrons. The smallest absolute Gasteiger partial charge is 0.169 e. The minimum atomic E-state index is 0.223. The number of hydrogen-bond donors (Lipinski definition) is 1. The second-order valence-corrected chi connectivity index (χ2v) is 4.18. The lowest BCUT2D eigenvalue weighted by molar-refractivity contribution is 0.378. The summed E-state index contributed by atoms with van der Waals surface area (Å²) < 4.78 is 11.0. The molecule has 1 aromatic carbocycles. The first-order chi connectivity index (χ1) is 9.24. The molecule has 19 heavy (non-hydrogen) atoms. The van der Waals surface area contributed by atoms with Gasteiger partial charge < -0.3 is 14.8 Å². The van der Waals surface area contributed by atoms with Gasteiger partial charge in [0, 0.05) is 6.04 Å². The van der Waals surface area contributed by atoms with Crippen LogP contribution in [0.4, 0.5) is 0 Å². The minimum Gasteiger partial charge on any atom is -0.493 e. The predicted octanol–water partition coefficient (Wildman–Crippen LogP) is 3.16. The fraction of sp³-hybridized carbons (Fsp3) is 0.267. The molecule has 1 heterocycles. The Morgan fingerprint density at radius 3 is 2.42 bits per heavy atom. The Labute approximate surface area is 113 Å². The maximum atomic E-state index is 5.76. The number of para-hydroxylation sites is 2. The van der Waals surface area contributed by atoms with E-state index < -0.39 is 0 Å². The first-order valence-corrected chi connectivity index (χ1v) is 6.18. The van der Waals surface area contributed by atoms with Crippen LogP contribution < -0.4 is 14.8 Å². The van der Waals surface area contributed by atoms with Crippen molar-refractivity contribution >= 4 is 0 Å². The maximum Gasteiger partial charge on any atom is 0.169 e. The summed E-state index contributed by atoms with van der Waals surface area (Å²) in [7, 11) is 3.53. The number of rotatable bonds is 5. The van der Waals surface area contributed by atoms with Crippen LogP contribution in [0.25, 0.3) is 0 Å². The molecular formula is C15H18N2O2. The molecule has 1 aromatic heterocycles. The lowest BCUT2D eigenvalue weighted by Gasteiger charge is -2.12. The number of benzene rings is 1. The second-order valence-electron chi connectivity index (χ2n) is 4.18. The molecule has 2 rings (SSSR count). The van der Waals surface area contributed by atoms with Gasteiger partial charge >= 0.3 is 0 Å². The van der Waals surface area contributed by atoms with Crippen molar-refractivity contribution in [3.05, 3.63) is 48.3 Å². The molecule has 0 bridgehead atoms. The average molecular weight is 258 g/mol. The van der Waals surface area contributed by atoms with Crippen molar-refractivity contribution in [3.8, 4) is 17.2 Å². The fourth-order valence-corrected chi connectivity index (χ4v) is 1.69. The normalized spacial score (nSPS) is 11.9. The highest BCUT2D eigenvalue weighted by Gasteiger charge is 2.07. The topological polar surface area (TPSA) is 43.4 Å². The summed E-state index contributed by atoms with van der Waals surface area (Å²) in [5, 5.41) is 3.15. The van der Waals surface area contributed by atoms with E-state index in [4.69, 9.17) is 9.47 Å². The summed E-state index contributed by atoms with van der Waals surface area (Å²) in [6.45, 7) is 2.06. The van der Waals surface area contributed by atoms with Crippen molar-refractivity contribution in [2.24, 2.45) is 0 Å². The molecule has 100 valence electrons. The Kier molecular flexibility index (Phi) is 4.36. The predicted molar refractivity (Wildman–Crippen MR) is 74.8 cm³/mol. The van der Waals surface area contributed by atoms with Crippen molar-refractivity contribution in [3.63, 3.8) is 0 Å². The van der Waals surface area contributed by atoms with Crippen molar-refractivity contribution < 1.29 is 9.47 Å². The van der Waals surface area contributed by atoms with Gasteiger partial charge in [-0.1, -0.05) is 12.1 Å². The largest absolute Gasteiger partial charge is 0.493 e. The first kappa shape index (κ1) is 13.4. The minimum absolute atomic E-state index is 0.223. The summed E-state index contributed by atoms with van der Waals surface area (Å²) in [4.78, 5) is 4.37. The monoisotopic (exact) mass is 258 g/mol. The van der Waals surface area contributed by atoms with Gasteiger partial charge in [0.2, 0.25) is 0 Å². The quantitative estimate of drug-likeness (QED) is 0.894. The zero-order valence-corrected chi connectivity index (χ0v) is 11.4. The van der Waals surface area contributed by atoms with Gasteiger partial charge in [0.25, 0.3) is 0 Å². The number of pyridine rings is 1. The molecule has 1 N–H and O–H groups in total. The molecule has 0 fully saturated rings. The Morgan fingerprint density at radius 2 is 1.84 bits per heavy atom. The van der Waals surface area contributed by atoms with Gasteiger partial charge in [0.1, 0.15) is 5.75 Å². The number of nitrogens with one attached hydrogen (secondary N) is 1. The first-order valence-electron chi connectivity index (χ1n) is 6.18. The third-order valence-corrected chi connectivity index (χ3v) is 2.93. The Balaban J connectivity index is 2.15. The van der Waals surface area contributed by atoms with E-state index in [1.807, 2.05) is 43.4 Å². The van der Waals surface area contributed by atoms with Crippen LogP contribution in [0.15, 0.2) is 42.6 Å². The number of ether oxygens (including phenoxy) is 2. The third-order valence-electron chi connectivity index (χ3n) is 2.93. The van der Waals surface area contributed by atoms with Crippen LogP contribution in [0, 0.1) is 0 Å². The van der Waals surface area contributed by atoms with Crippen molar-refractivity contribution in [1.29, 1.82) is 0 Å². The second kappa shape index (κ2) is 6.20. The molecule has 0 aliphatic heterocycles. The molecule has 0 aliphatic rings. The molecule has 4 nitrogen and oxygen atoms in total. The van der Waals surface area contributed by atoms with Gasteiger partial charge in [0.15, 0.2) is 11.5 Å². The van der Waals surface area contributed by atoms with Gasteiger partial charge in [-0.05, 0) is 38.2 Å². The zero-order chi connectivity index (χ0) is 13.7. The van der Waals surface area contributed by atoms with Crippen molar-refractivity contribution in [2.45, 2.75) is 13.0 Å². The van der Waals surface area contributed by atoms with Crippen LogP contribution in [-0.4, -0.2) is 19.1 Å². The van der Waals surface area contributed by atoms with E-state index in [0.717, 1.165) is 5.69 Å². The Hall–Kier alpha value is -2.07. The van der Waals surface area contributed by atoms with Crippen LogP contribution in [0.1, 0.15) is 18.7 Å². The number of aromatic nitrogens is 1. The van der Waals surface area contributed by atoms with E-state index in [2.05, 4.69) is 17.2 Å². The van der Waals surface area contributed by atoms with Gasteiger partial charge in [-0.3, -0.25) is 4.98 Å². The van der Waals surface area contributed by atoms with Crippen LogP contribution in [-0.2, 0) is 0 Å². The standard InChI is InChI=1S/C15H18N2O2/c1-11(16-2)13-9-8-12(10-17-13)19-15-7-5-4-6-14(15)18-3/h4-11,16H,1-3H3. The van der Waals surface area contributed by atoms with Crippen LogP contribution >= 0.6 is 0 Å². The maximum absolute atomic E-state index is 5.76. The van der Waals surface area contributed by atoms with E-state index in [1.165, 1.54) is 0 Å². The molecule has 4 heteroatoms. The molecule has 1 unspecified atom stereocenters. The SMILES string of the molecule is CNC(C)c1ccc(Oc2ccccc2OC)cn1. The van der Waals surface area contributed by atoms with Crippen LogP contribution in [0.2, 0.25) is 0 Å². The lowest BCUT2D eigenvalue weighted by Crippen LogP contribution is -2.13. The summed E-state index contributed by atoms with van der Waals surface area (Å²) in [6, 6.07) is 11.6. The van der Waals surface area contributed by atoms with E-state index in [9.17, 15) is 0 Å². The highest BCUT2D eigenvalue weighted by atomic mass is 16.5. The molecule has 1 atom stereocenters. The zero-order valence-electron chi connectivity index (χ0n) is 11.4. The third kappa shape index (κ3) is 3.23.